The van der Waals surface area contributed by atoms with E-state index in [2.05, 4.69) is 12.2 Å². The van der Waals surface area contributed by atoms with E-state index in [-0.39, 0.29) is 6.10 Å². The predicted molar refractivity (Wildman–Crippen MR) is 67.5 cm³/mol. The van der Waals surface area contributed by atoms with Gasteiger partial charge in [-0.2, -0.15) is 0 Å². The van der Waals surface area contributed by atoms with Crippen molar-refractivity contribution in [2.24, 2.45) is 5.41 Å². The van der Waals surface area contributed by atoms with Crippen molar-refractivity contribution >= 4 is 0 Å². The molecule has 2 aliphatic rings. The zero-order chi connectivity index (χ0) is 11.4. The van der Waals surface area contributed by atoms with Crippen LogP contribution < -0.4 is 5.32 Å². The van der Waals surface area contributed by atoms with E-state index >= 15 is 0 Å². The van der Waals surface area contributed by atoms with Crippen LogP contribution in [0.4, 0.5) is 0 Å². The fraction of sp³-hybridized carbons (Fsp3) is 1.00. The van der Waals surface area contributed by atoms with Gasteiger partial charge >= 0.3 is 0 Å². The quantitative estimate of drug-likeness (QED) is 0.721. The third-order valence-electron chi connectivity index (χ3n) is 4.88. The Labute approximate surface area is 99.8 Å². The van der Waals surface area contributed by atoms with Gasteiger partial charge in [0.1, 0.15) is 0 Å². The molecule has 0 aliphatic heterocycles. The maximum atomic E-state index is 10.0. The van der Waals surface area contributed by atoms with Crippen LogP contribution in [0.1, 0.15) is 64.7 Å². The monoisotopic (exact) mass is 225 g/mol. The molecular formula is C14H27NO. The molecule has 2 rings (SSSR count). The van der Waals surface area contributed by atoms with Crippen LogP contribution in [0.5, 0.6) is 0 Å². The molecule has 0 aromatic rings. The van der Waals surface area contributed by atoms with Crippen LogP contribution in [0, 0.1) is 5.41 Å². The lowest BCUT2D eigenvalue weighted by Gasteiger charge is -2.42. The minimum atomic E-state index is -0.100. The summed E-state index contributed by atoms with van der Waals surface area (Å²) >= 11 is 0. The van der Waals surface area contributed by atoms with Crippen molar-refractivity contribution in [1.82, 2.24) is 5.32 Å². The van der Waals surface area contributed by atoms with Crippen molar-refractivity contribution in [3.63, 3.8) is 0 Å². The summed E-state index contributed by atoms with van der Waals surface area (Å²) in [5, 5.41) is 13.7. The van der Waals surface area contributed by atoms with Crippen molar-refractivity contribution in [2.75, 3.05) is 6.54 Å². The molecule has 0 heterocycles. The van der Waals surface area contributed by atoms with Crippen LogP contribution in [0.25, 0.3) is 0 Å². The lowest BCUT2D eigenvalue weighted by atomic mass is 9.67. The van der Waals surface area contributed by atoms with Crippen molar-refractivity contribution in [1.29, 1.82) is 0 Å². The summed E-state index contributed by atoms with van der Waals surface area (Å²) in [6.07, 6.45) is 11.3. The van der Waals surface area contributed by atoms with Crippen LogP contribution >= 0.6 is 0 Å². The Morgan fingerprint density at radius 2 is 1.88 bits per heavy atom. The van der Waals surface area contributed by atoms with E-state index in [1.807, 2.05) is 0 Å². The van der Waals surface area contributed by atoms with Crippen LogP contribution in [0.15, 0.2) is 0 Å². The molecule has 0 saturated heterocycles. The Morgan fingerprint density at radius 3 is 2.50 bits per heavy atom. The van der Waals surface area contributed by atoms with Gasteiger partial charge in [0.15, 0.2) is 0 Å². The van der Waals surface area contributed by atoms with Gasteiger partial charge in [0, 0.05) is 12.6 Å². The molecule has 2 unspecified atom stereocenters. The summed E-state index contributed by atoms with van der Waals surface area (Å²) < 4.78 is 0. The van der Waals surface area contributed by atoms with Gasteiger partial charge in [0.2, 0.25) is 0 Å². The van der Waals surface area contributed by atoms with E-state index < -0.39 is 0 Å². The molecule has 94 valence electrons. The van der Waals surface area contributed by atoms with Crippen LogP contribution in [0.2, 0.25) is 0 Å². The van der Waals surface area contributed by atoms with Crippen molar-refractivity contribution in [3.05, 3.63) is 0 Å². The first-order chi connectivity index (χ1) is 7.76. The highest BCUT2D eigenvalue weighted by atomic mass is 16.3. The van der Waals surface area contributed by atoms with Gasteiger partial charge in [-0.05, 0) is 37.5 Å². The number of rotatable bonds is 4. The number of hydrogen-bond donors (Lipinski definition) is 2. The highest BCUT2D eigenvalue weighted by Gasteiger charge is 2.35. The molecule has 0 bridgehead atoms. The largest absolute Gasteiger partial charge is 0.392 e. The van der Waals surface area contributed by atoms with E-state index in [0.717, 1.165) is 13.0 Å². The van der Waals surface area contributed by atoms with Gasteiger partial charge < -0.3 is 10.4 Å². The molecule has 16 heavy (non-hydrogen) atoms. The van der Waals surface area contributed by atoms with E-state index in [9.17, 15) is 5.11 Å². The number of aliphatic hydroxyl groups is 1. The first-order valence-electron chi connectivity index (χ1n) is 7.17. The molecular weight excluding hydrogens is 198 g/mol. The van der Waals surface area contributed by atoms with Gasteiger partial charge in [0.25, 0.3) is 0 Å². The summed E-state index contributed by atoms with van der Waals surface area (Å²) in [6.45, 7) is 3.44. The molecule has 0 radical (unpaired) electrons. The molecule has 2 nitrogen and oxygen atoms in total. The standard InChI is InChI=1S/C14H27NO/c1-2-14(9-6-10-14)11-15-12-7-4-3-5-8-13(12)16/h12-13,15-16H,2-11H2,1H3. The van der Waals surface area contributed by atoms with Crippen molar-refractivity contribution in [2.45, 2.75) is 76.9 Å². The minimum absolute atomic E-state index is 0.100. The molecule has 2 atom stereocenters. The summed E-state index contributed by atoms with van der Waals surface area (Å²) in [5.41, 5.74) is 0.575. The Balaban J connectivity index is 1.79. The molecule has 2 fully saturated rings. The molecule has 2 aliphatic carbocycles. The molecule has 0 aromatic carbocycles. The predicted octanol–water partition coefficient (Wildman–Crippen LogP) is 2.85. The average Bonchev–Trinajstić information content (AvgIpc) is 2.43. The average molecular weight is 225 g/mol. The Bertz CT molecular complexity index is 207. The molecule has 0 amide bonds. The minimum Gasteiger partial charge on any atom is -0.392 e. The van der Waals surface area contributed by atoms with Crippen LogP contribution in [-0.4, -0.2) is 23.8 Å². The normalized spacial score (nSPS) is 34.1. The number of nitrogens with one attached hydrogen (secondary N) is 1. The summed E-state index contributed by atoms with van der Waals surface area (Å²) in [6, 6.07) is 0.367. The van der Waals surface area contributed by atoms with E-state index in [1.165, 1.54) is 51.4 Å². The van der Waals surface area contributed by atoms with Crippen molar-refractivity contribution in [3.8, 4) is 0 Å². The molecule has 2 heteroatoms. The third-order valence-corrected chi connectivity index (χ3v) is 4.88. The summed E-state index contributed by atoms with van der Waals surface area (Å²) in [7, 11) is 0. The van der Waals surface area contributed by atoms with Gasteiger partial charge in [0.05, 0.1) is 6.10 Å². The first-order valence-corrected chi connectivity index (χ1v) is 7.17. The third kappa shape index (κ3) is 2.78. The topological polar surface area (TPSA) is 32.3 Å². The molecule has 0 spiro atoms. The second-order valence-electron chi connectivity index (χ2n) is 5.90. The second-order valence-corrected chi connectivity index (χ2v) is 5.90. The fourth-order valence-electron chi connectivity index (χ4n) is 3.21. The summed E-state index contributed by atoms with van der Waals surface area (Å²) in [4.78, 5) is 0. The van der Waals surface area contributed by atoms with Gasteiger partial charge in [-0.15, -0.1) is 0 Å². The van der Waals surface area contributed by atoms with Crippen LogP contribution in [0.3, 0.4) is 0 Å². The highest BCUT2D eigenvalue weighted by molar-refractivity contribution is 4.90. The Morgan fingerprint density at radius 1 is 1.12 bits per heavy atom. The summed E-state index contributed by atoms with van der Waals surface area (Å²) in [5.74, 6) is 0. The maximum absolute atomic E-state index is 10.0. The second kappa shape index (κ2) is 5.50. The fourth-order valence-corrected chi connectivity index (χ4v) is 3.21. The maximum Gasteiger partial charge on any atom is 0.0693 e. The zero-order valence-electron chi connectivity index (χ0n) is 10.7. The smallest absolute Gasteiger partial charge is 0.0693 e. The zero-order valence-corrected chi connectivity index (χ0v) is 10.7. The molecule has 0 aromatic heterocycles. The van der Waals surface area contributed by atoms with E-state index in [0.29, 0.717) is 11.5 Å². The van der Waals surface area contributed by atoms with Crippen molar-refractivity contribution < 1.29 is 5.11 Å². The molecule has 2 saturated carbocycles. The molecule has 2 N–H and O–H groups in total. The van der Waals surface area contributed by atoms with E-state index in [1.54, 1.807) is 0 Å². The van der Waals surface area contributed by atoms with Crippen LogP contribution in [-0.2, 0) is 0 Å². The Kier molecular flexibility index (Phi) is 4.26. The lowest BCUT2D eigenvalue weighted by molar-refractivity contribution is 0.0824. The SMILES string of the molecule is CCC1(CNC2CCCCCC2O)CCC1. The van der Waals surface area contributed by atoms with E-state index in [4.69, 9.17) is 0 Å². The van der Waals surface area contributed by atoms with Gasteiger partial charge in [-0.3, -0.25) is 0 Å². The number of aliphatic hydroxyl groups excluding tert-OH is 1. The first kappa shape index (κ1) is 12.4. The van der Waals surface area contributed by atoms with Gasteiger partial charge in [-0.1, -0.05) is 32.6 Å². The van der Waals surface area contributed by atoms with Gasteiger partial charge in [-0.25, -0.2) is 0 Å². The Hall–Kier alpha value is -0.0800. The number of hydrogen-bond acceptors (Lipinski definition) is 2. The highest BCUT2D eigenvalue weighted by Crippen LogP contribution is 2.43. The lowest BCUT2D eigenvalue weighted by Crippen LogP contribution is -2.47.